The van der Waals surface area contributed by atoms with Crippen LogP contribution in [0.2, 0.25) is 0 Å². The van der Waals surface area contributed by atoms with Gasteiger partial charge < -0.3 is 15.2 Å². The molecule has 6 heteroatoms. The van der Waals surface area contributed by atoms with Gasteiger partial charge >= 0.3 is 0 Å². The normalized spacial score (nSPS) is 12.5. The zero-order valence-electron chi connectivity index (χ0n) is 9.34. The second-order valence-electron chi connectivity index (χ2n) is 3.47. The van der Waals surface area contributed by atoms with Crippen molar-refractivity contribution in [1.82, 2.24) is 5.32 Å². The van der Waals surface area contributed by atoms with Crippen molar-refractivity contribution in [3.63, 3.8) is 0 Å². The van der Waals surface area contributed by atoms with Crippen LogP contribution < -0.4 is 10.1 Å². The molecule has 2 N–H and O–H groups in total. The summed E-state index contributed by atoms with van der Waals surface area (Å²) >= 11 is 10.2. The molecule has 0 saturated heterocycles. The summed E-state index contributed by atoms with van der Waals surface area (Å²) in [7, 11) is 0. The molecule has 1 aromatic rings. The molecule has 0 bridgehead atoms. The van der Waals surface area contributed by atoms with Crippen LogP contribution in [-0.4, -0.2) is 30.9 Å². The zero-order valence-corrected chi connectivity index (χ0v) is 14.1. The summed E-state index contributed by atoms with van der Waals surface area (Å²) in [6, 6.07) is 3.80. The van der Waals surface area contributed by atoms with Crippen LogP contribution in [0.1, 0.15) is 6.92 Å². The van der Waals surface area contributed by atoms with Gasteiger partial charge in [-0.15, -0.1) is 0 Å². The predicted molar refractivity (Wildman–Crippen MR) is 79.6 cm³/mol. The molecule has 1 atom stereocenters. The monoisotopic (exact) mass is 429 g/mol. The number of nitrogens with one attached hydrogen (secondary N) is 1. The van der Waals surface area contributed by atoms with Gasteiger partial charge in [-0.25, -0.2) is 0 Å². The fraction of sp³-hybridized carbons (Fsp3) is 0.455. The molecule has 17 heavy (non-hydrogen) atoms. The molecule has 0 amide bonds. The van der Waals surface area contributed by atoms with Gasteiger partial charge in [-0.1, -0.05) is 22.9 Å². The summed E-state index contributed by atoms with van der Waals surface area (Å²) in [4.78, 5) is 0. The zero-order chi connectivity index (χ0) is 12.8. The Morgan fingerprint density at radius 2 is 1.88 bits per heavy atom. The molecule has 0 aliphatic heterocycles. The van der Waals surface area contributed by atoms with E-state index in [2.05, 4.69) is 53.1 Å². The van der Waals surface area contributed by atoms with E-state index in [4.69, 9.17) is 4.74 Å². The van der Waals surface area contributed by atoms with E-state index in [-0.39, 0.29) is 6.61 Å². The van der Waals surface area contributed by atoms with Gasteiger partial charge in [0.1, 0.15) is 18.5 Å². The molecular formula is C11H14Br3NO2. The minimum Gasteiger partial charge on any atom is -0.488 e. The quantitative estimate of drug-likeness (QED) is 0.726. The second kappa shape index (κ2) is 7.74. The van der Waals surface area contributed by atoms with Crippen LogP contribution in [0.4, 0.5) is 0 Å². The summed E-state index contributed by atoms with van der Waals surface area (Å²) in [5, 5.41) is 12.7. The van der Waals surface area contributed by atoms with Crippen LogP contribution in [0.25, 0.3) is 0 Å². The Morgan fingerprint density at radius 3 is 2.41 bits per heavy atom. The third-order valence-electron chi connectivity index (χ3n) is 2.01. The van der Waals surface area contributed by atoms with Crippen molar-refractivity contribution < 1.29 is 9.84 Å². The lowest BCUT2D eigenvalue weighted by molar-refractivity contribution is 0.106. The molecule has 0 aliphatic rings. The molecule has 0 spiro atoms. The van der Waals surface area contributed by atoms with Gasteiger partial charge in [-0.3, -0.25) is 0 Å². The Balaban J connectivity index is 2.57. The maximum Gasteiger partial charge on any atom is 0.147 e. The number of halogens is 3. The highest BCUT2D eigenvalue weighted by Gasteiger charge is 2.10. The Bertz CT molecular complexity index is 351. The van der Waals surface area contributed by atoms with Crippen molar-refractivity contribution in [3.8, 4) is 5.75 Å². The predicted octanol–water partition coefficient (Wildman–Crippen LogP) is 3.32. The number of ether oxygens (including phenoxy) is 1. The first-order valence-electron chi connectivity index (χ1n) is 5.20. The lowest BCUT2D eigenvalue weighted by Gasteiger charge is -2.15. The second-order valence-corrected chi connectivity index (χ2v) is 6.10. The molecule has 0 aromatic heterocycles. The first-order valence-corrected chi connectivity index (χ1v) is 7.58. The Labute approximate surface area is 126 Å². The summed E-state index contributed by atoms with van der Waals surface area (Å²) < 4.78 is 8.22. The van der Waals surface area contributed by atoms with Crippen molar-refractivity contribution in [1.29, 1.82) is 0 Å². The Hall–Kier alpha value is 0.380. The summed E-state index contributed by atoms with van der Waals surface area (Å²) in [5.74, 6) is 0.698. The largest absolute Gasteiger partial charge is 0.488 e. The van der Waals surface area contributed by atoms with Crippen molar-refractivity contribution in [2.24, 2.45) is 0 Å². The van der Waals surface area contributed by atoms with E-state index in [1.807, 2.05) is 19.1 Å². The average molecular weight is 432 g/mol. The summed E-state index contributed by atoms with van der Waals surface area (Å²) in [5.41, 5.74) is 0. The maximum atomic E-state index is 9.65. The topological polar surface area (TPSA) is 41.5 Å². The van der Waals surface area contributed by atoms with Gasteiger partial charge in [0.2, 0.25) is 0 Å². The molecule has 1 unspecified atom stereocenters. The molecule has 3 nitrogen and oxygen atoms in total. The van der Waals surface area contributed by atoms with Gasteiger partial charge in [0, 0.05) is 11.0 Å². The summed E-state index contributed by atoms with van der Waals surface area (Å²) in [6.07, 6.45) is -0.516. The lowest BCUT2D eigenvalue weighted by atomic mass is 10.3. The molecule has 0 heterocycles. The van der Waals surface area contributed by atoms with E-state index in [0.29, 0.717) is 12.3 Å². The molecule has 0 aliphatic carbocycles. The maximum absolute atomic E-state index is 9.65. The average Bonchev–Trinajstić information content (AvgIpc) is 2.24. The Morgan fingerprint density at radius 1 is 1.29 bits per heavy atom. The highest BCUT2D eigenvalue weighted by molar-refractivity contribution is 9.11. The third kappa shape index (κ3) is 5.26. The third-order valence-corrected chi connectivity index (χ3v) is 3.65. The van der Waals surface area contributed by atoms with Gasteiger partial charge in [0.15, 0.2) is 0 Å². The number of rotatable bonds is 6. The molecule has 1 rings (SSSR count). The number of hydrogen-bond donors (Lipinski definition) is 2. The first-order chi connectivity index (χ1) is 8.04. The van der Waals surface area contributed by atoms with Gasteiger partial charge in [0.25, 0.3) is 0 Å². The first kappa shape index (κ1) is 15.4. The van der Waals surface area contributed by atoms with Crippen LogP contribution in [-0.2, 0) is 0 Å². The van der Waals surface area contributed by atoms with Crippen molar-refractivity contribution >= 4 is 47.8 Å². The molecule has 96 valence electrons. The smallest absolute Gasteiger partial charge is 0.147 e. The van der Waals surface area contributed by atoms with Crippen molar-refractivity contribution in [3.05, 3.63) is 25.6 Å². The molecule has 0 fully saturated rings. The van der Waals surface area contributed by atoms with Crippen LogP contribution in [0.5, 0.6) is 5.75 Å². The van der Waals surface area contributed by atoms with Crippen LogP contribution in [0, 0.1) is 0 Å². The van der Waals surface area contributed by atoms with Crippen LogP contribution in [0.15, 0.2) is 25.6 Å². The standard InChI is InChI=1S/C11H14Br3NO2/c1-2-15-5-8(16)6-17-11-9(13)3-7(12)4-10(11)14/h3-4,8,15-16H,2,5-6H2,1H3. The number of benzene rings is 1. The number of aliphatic hydroxyl groups excluding tert-OH is 1. The number of likely N-dealkylation sites (N-methyl/N-ethyl adjacent to an activating group) is 1. The van der Waals surface area contributed by atoms with Gasteiger partial charge in [-0.05, 0) is 50.5 Å². The minimum absolute atomic E-state index is 0.256. The number of aliphatic hydroxyl groups is 1. The van der Waals surface area contributed by atoms with E-state index in [0.717, 1.165) is 20.0 Å². The van der Waals surface area contributed by atoms with E-state index in [1.54, 1.807) is 0 Å². The van der Waals surface area contributed by atoms with E-state index in [9.17, 15) is 5.11 Å². The molecule has 0 saturated carbocycles. The fourth-order valence-electron chi connectivity index (χ4n) is 1.22. The SMILES string of the molecule is CCNCC(O)COc1c(Br)cc(Br)cc1Br. The van der Waals surface area contributed by atoms with Crippen LogP contribution in [0.3, 0.4) is 0 Å². The lowest BCUT2D eigenvalue weighted by Crippen LogP contribution is -2.31. The molecule has 0 radical (unpaired) electrons. The van der Waals surface area contributed by atoms with E-state index < -0.39 is 6.10 Å². The molecule has 1 aromatic carbocycles. The fourth-order valence-corrected chi connectivity index (χ4v) is 3.70. The van der Waals surface area contributed by atoms with Crippen molar-refractivity contribution in [2.75, 3.05) is 19.7 Å². The van der Waals surface area contributed by atoms with Crippen molar-refractivity contribution in [2.45, 2.75) is 13.0 Å². The minimum atomic E-state index is -0.516. The number of hydrogen-bond acceptors (Lipinski definition) is 3. The van der Waals surface area contributed by atoms with Gasteiger partial charge in [-0.2, -0.15) is 0 Å². The Kier molecular flexibility index (Phi) is 7.02. The van der Waals surface area contributed by atoms with E-state index in [1.165, 1.54) is 0 Å². The highest BCUT2D eigenvalue weighted by atomic mass is 79.9. The van der Waals surface area contributed by atoms with E-state index >= 15 is 0 Å². The molecular weight excluding hydrogens is 418 g/mol. The van der Waals surface area contributed by atoms with Crippen LogP contribution >= 0.6 is 47.8 Å². The summed E-state index contributed by atoms with van der Waals surface area (Å²) in [6.45, 7) is 3.62. The highest BCUT2D eigenvalue weighted by Crippen LogP contribution is 2.36. The van der Waals surface area contributed by atoms with Gasteiger partial charge in [0.05, 0.1) is 8.95 Å².